The molecule has 2 atom stereocenters. The molecule has 2 unspecified atom stereocenters. The smallest absolute Gasteiger partial charge is 0.307 e. The molecule has 17 heavy (non-hydrogen) atoms. The summed E-state index contributed by atoms with van der Waals surface area (Å²) < 4.78 is 5.01. The second-order valence-corrected chi connectivity index (χ2v) is 4.30. The fourth-order valence-electron chi connectivity index (χ4n) is 2.30. The van der Waals surface area contributed by atoms with Gasteiger partial charge in [0.25, 0.3) is 0 Å². The van der Waals surface area contributed by atoms with Gasteiger partial charge in [0.05, 0.1) is 18.1 Å². The maximum Gasteiger partial charge on any atom is 0.307 e. The number of nitrogens with one attached hydrogen (secondary N) is 1. The van der Waals surface area contributed by atoms with E-state index in [0.717, 1.165) is 12.8 Å². The molecular weight excluding hydrogens is 222 g/mol. The maximum atomic E-state index is 11.9. The minimum atomic E-state index is -0.885. The number of carboxylic acids is 1. The molecule has 0 spiro atoms. The van der Waals surface area contributed by atoms with E-state index in [1.165, 1.54) is 6.26 Å². The van der Waals surface area contributed by atoms with Crippen LogP contribution >= 0.6 is 0 Å². The summed E-state index contributed by atoms with van der Waals surface area (Å²) in [6.45, 7) is 0. The van der Waals surface area contributed by atoms with Gasteiger partial charge in [-0.15, -0.1) is 0 Å². The Hall–Kier alpha value is -1.78. The van der Waals surface area contributed by atoms with Crippen LogP contribution in [-0.2, 0) is 9.59 Å². The van der Waals surface area contributed by atoms with E-state index in [-0.39, 0.29) is 5.91 Å². The minimum absolute atomic E-state index is 0.257. The maximum absolute atomic E-state index is 11.9. The van der Waals surface area contributed by atoms with Gasteiger partial charge >= 0.3 is 5.97 Å². The molecule has 1 aliphatic carbocycles. The lowest BCUT2D eigenvalue weighted by Crippen LogP contribution is -2.35. The van der Waals surface area contributed by atoms with Gasteiger partial charge in [0, 0.05) is 6.07 Å². The summed E-state index contributed by atoms with van der Waals surface area (Å²) in [4.78, 5) is 23.0. The van der Waals surface area contributed by atoms with Crippen molar-refractivity contribution in [2.75, 3.05) is 5.32 Å². The first-order chi connectivity index (χ1) is 8.18. The van der Waals surface area contributed by atoms with Crippen LogP contribution in [0.3, 0.4) is 0 Å². The fraction of sp³-hybridized carbons (Fsp3) is 0.500. The predicted octanol–water partition coefficient (Wildman–Crippen LogP) is 2.11. The Morgan fingerprint density at radius 3 is 2.59 bits per heavy atom. The molecule has 1 saturated carbocycles. The first-order valence-corrected chi connectivity index (χ1v) is 5.75. The number of carbonyl (C=O) groups is 2. The van der Waals surface area contributed by atoms with Crippen LogP contribution in [-0.4, -0.2) is 17.0 Å². The number of furan rings is 1. The number of carboxylic acid groups (broad SMARTS) is 1. The van der Waals surface area contributed by atoms with E-state index in [4.69, 9.17) is 9.52 Å². The summed E-state index contributed by atoms with van der Waals surface area (Å²) in [5.41, 5.74) is 0. The van der Waals surface area contributed by atoms with Crippen LogP contribution in [0.2, 0.25) is 0 Å². The molecule has 5 nitrogen and oxygen atoms in total. The van der Waals surface area contributed by atoms with Crippen molar-refractivity contribution in [3.8, 4) is 0 Å². The summed E-state index contributed by atoms with van der Waals surface area (Å²) in [6, 6.07) is 3.31. The SMILES string of the molecule is O=C(O)C1CCCCC1C(=O)Nc1ccco1. The standard InChI is InChI=1S/C12H15NO4/c14-11(13-10-6-3-7-17-10)8-4-1-2-5-9(8)12(15)16/h3,6-9H,1-2,4-5H2,(H,13,14)(H,15,16). The van der Waals surface area contributed by atoms with Crippen LogP contribution in [0.25, 0.3) is 0 Å². The Labute approximate surface area is 98.8 Å². The van der Waals surface area contributed by atoms with Gasteiger partial charge in [-0.3, -0.25) is 14.9 Å². The highest BCUT2D eigenvalue weighted by atomic mass is 16.4. The van der Waals surface area contributed by atoms with Gasteiger partial charge in [-0.1, -0.05) is 12.8 Å². The monoisotopic (exact) mass is 237 g/mol. The number of hydrogen-bond acceptors (Lipinski definition) is 3. The number of amides is 1. The van der Waals surface area contributed by atoms with Gasteiger partial charge < -0.3 is 9.52 Å². The van der Waals surface area contributed by atoms with Crippen LogP contribution in [0.4, 0.5) is 5.88 Å². The third-order valence-corrected chi connectivity index (χ3v) is 3.19. The molecular formula is C12H15NO4. The Bertz CT molecular complexity index is 399. The highest BCUT2D eigenvalue weighted by molar-refractivity contribution is 5.94. The van der Waals surface area contributed by atoms with Crippen molar-refractivity contribution < 1.29 is 19.1 Å². The quantitative estimate of drug-likeness (QED) is 0.843. The highest BCUT2D eigenvalue weighted by Gasteiger charge is 2.35. The molecule has 1 aromatic rings. The molecule has 0 aliphatic heterocycles. The number of anilines is 1. The van der Waals surface area contributed by atoms with E-state index < -0.39 is 17.8 Å². The minimum Gasteiger partial charge on any atom is -0.481 e. The van der Waals surface area contributed by atoms with E-state index in [1.54, 1.807) is 12.1 Å². The van der Waals surface area contributed by atoms with Crippen molar-refractivity contribution in [2.24, 2.45) is 11.8 Å². The predicted molar refractivity (Wildman–Crippen MR) is 60.4 cm³/mol. The van der Waals surface area contributed by atoms with E-state index >= 15 is 0 Å². The molecule has 92 valence electrons. The summed E-state index contributed by atoms with van der Waals surface area (Å²) in [7, 11) is 0. The number of rotatable bonds is 3. The summed E-state index contributed by atoms with van der Waals surface area (Å²) in [5.74, 6) is -1.80. The third kappa shape index (κ3) is 2.67. The summed E-state index contributed by atoms with van der Waals surface area (Å²) in [6.07, 6.45) is 4.45. The van der Waals surface area contributed by atoms with Crippen LogP contribution < -0.4 is 5.32 Å². The average molecular weight is 237 g/mol. The van der Waals surface area contributed by atoms with E-state index in [2.05, 4.69) is 5.32 Å². The summed E-state index contributed by atoms with van der Waals surface area (Å²) >= 11 is 0. The lowest BCUT2D eigenvalue weighted by molar-refractivity contribution is -0.147. The van der Waals surface area contributed by atoms with Crippen molar-refractivity contribution in [3.63, 3.8) is 0 Å². The van der Waals surface area contributed by atoms with Gasteiger partial charge in [-0.25, -0.2) is 0 Å². The van der Waals surface area contributed by atoms with Gasteiger partial charge in [0.2, 0.25) is 5.91 Å². The molecule has 1 aliphatic rings. The lowest BCUT2D eigenvalue weighted by atomic mass is 9.79. The van der Waals surface area contributed by atoms with E-state index in [1.807, 2.05) is 0 Å². The zero-order chi connectivity index (χ0) is 12.3. The number of aliphatic carboxylic acids is 1. The van der Waals surface area contributed by atoms with Gasteiger partial charge in [-0.05, 0) is 18.9 Å². The molecule has 2 rings (SSSR count). The second-order valence-electron chi connectivity index (χ2n) is 4.30. The van der Waals surface area contributed by atoms with Crippen molar-refractivity contribution in [2.45, 2.75) is 25.7 Å². The lowest BCUT2D eigenvalue weighted by Gasteiger charge is -2.26. The van der Waals surface area contributed by atoms with Crippen molar-refractivity contribution in [1.82, 2.24) is 0 Å². The van der Waals surface area contributed by atoms with Crippen molar-refractivity contribution in [3.05, 3.63) is 18.4 Å². The molecule has 0 radical (unpaired) electrons. The van der Waals surface area contributed by atoms with Gasteiger partial charge in [0.1, 0.15) is 0 Å². The molecule has 0 aromatic carbocycles. The Balaban J connectivity index is 2.03. The van der Waals surface area contributed by atoms with Gasteiger partial charge in [0.15, 0.2) is 5.88 Å². The number of carbonyl (C=O) groups excluding carboxylic acids is 1. The Morgan fingerprint density at radius 1 is 1.29 bits per heavy atom. The largest absolute Gasteiger partial charge is 0.481 e. The van der Waals surface area contributed by atoms with Crippen molar-refractivity contribution >= 4 is 17.8 Å². The van der Waals surface area contributed by atoms with E-state index in [9.17, 15) is 9.59 Å². The molecule has 2 N–H and O–H groups in total. The Morgan fingerprint density at radius 2 is 2.00 bits per heavy atom. The summed E-state index contributed by atoms with van der Waals surface area (Å²) in [5, 5.41) is 11.7. The zero-order valence-corrected chi connectivity index (χ0v) is 9.39. The van der Waals surface area contributed by atoms with Crippen LogP contribution in [0.15, 0.2) is 22.8 Å². The molecule has 0 saturated heterocycles. The molecule has 0 bridgehead atoms. The van der Waals surface area contributed by atoms with Crippen molar-refractivity contribution in [1.29, 1.82) is 0 Å². The molecule has 5 heteroatoms. The first-order valence-electron chi connectivity index (χ1n) is 5.75. The number of hydrogen-bond donors (Lipinski definition) is 2. The normalized spacial score (nSPS) is 24.2. The molecule has 1 aromatic heterocycles. The molecule has 1 heterocycles. The molecule has 1 amide bonds. The highest BCUT2D eigenvalue weighted by Crippen LogP contribution is 2.31. The topological polar surface area (TPSA) is 79.5 Å². The van der Waals surface area contributed by atoms with E-state index in [0.29, 0.717) is 18.7 Å². The van der Waals surface area contributed by atoms with Crippen LogP contribution in [0.1, 0.15) is 25.7 Å². The average Bonchev–Trinajstić information content (AvgIpc) is 2.81. The molecule has 1 fully saturated rings. The zero-order valence-electron chi connectivity index (χ0n) is 9.39. The fourth-order valence-corrected chi connectivity index (χ4v) is 2.30. The van der Waals surface area contributed by atoms with Crippen LogP contribution in [0, 0.1) is 11.8 Å². The Kier molecular flexibility index (Phi) is 3.46. The van der Waals surface area contributed by atoms with Gasteiger partial charge in [-0.2, -0.15) is 0 Å². The first kappa shape index (κ1) is 11.7. The second kappa shape index (κ2) is 5.03. The van der Waals surface area contributed by atoms with Crippen LogP contribution in [0.5, 0.6) is 0 Å². The third-order valence-electron chi connectivity index (χ3n) is 3.19.